The van der Waals surface area contributed by atoms with Crippen molar-refractivity contribution < 1.29 is 0 Å². The van der Waals surface area contributed by atoms with E-state index < -0.39 is 0 Å². The number of anilines is 2. The third kappa shape index (κ3) is 3.20. The Hall–Kier alpha value is -1.14. The fraction of sp³-hybridized carbons (Fsp3) is 0.333. The lowest BCUT2D eigenvalue weighted by atomic mass is 10.3. The van der Waals surface area contributed by atoms with Gasteiger partial charge in [-0.1, -0.05) is 0 Å². The Morgan fingerprint density at radius 3 is 2.56 bits per heavy atom. The molecule has 0 bridgehead atoms. The van der Waals surface area contributed by atoms with E-state index in [0.717, 1.165) is 34.1 Å². The van der Waals surface area contributed by atoms with Gasteiger partial charge in [0.1, 0.15) is 18.0 Å². The van der Waals surface area contributed by atoms with Crippen LogP contribution in [-0.4, -0.2) is 16.5 Å². The summed E-state index contributed by atoms with van der Waals surface area (Å²) in [4.78, 5) is 9.76. The first kappa shape index (κ1) is 13.3. The van der Waals surface area contributed by atoms with E-state index in [0.29, 0.717) is 0 Å². The molecule has 2 N–H and O–H groups in total. The average Bonchev–Trinajstić information content (AvgIpc) is 2.77. The van der Waals surface area contributed by atoms with Gasteiger partial charge in [0.05, 0.1) is 10.3 Å². The third-order valence-corrected chi connectivity index (χ3v) is 4.11. The van der Waals surface area contributed by atoms with Gasteiger partial charge >= 0.3 is 0 Å². The summed E-state index contributed by atoms with van der Waals surface area (Å²) in [5.41, 5.74) is 1.05. The molecule has 96 valence electrons. The van der Waals surface area contributed by atoms with Crippen molar-refractivity contribution in [2.45, 2.75) is 20.4 Å². The Morgan fingerprint density at radius 1 is 1.22 bits per heavy atom. The van der Waals surface area contributed by atoms with Gasteiger partial charge in [0.25, 0.3) is 0 Å². The topological polar surface area (TPSA) is 49.8 Å². The zero-order valence-corrected chi connectivity index (χ0v) is 12.7. The van der Waals surface area contributed by atoms with E-state index in [-0.39, 0.29) is 0 Å². The number of hydrogen-bond donors (Lipinski definition) is 2. The van der Waals surface area contributed by atoms with Crippen LogP contribution in [0.2, 0.25) is 0 Å². The molecule has 2 rings (SSSR count). The van der Waals surface area contributed by atoms with Crippen molar-refractivity contribution in [3.05, 3.63) is 32.7 Å². The van der Waals surface area contributed by atoms with Gasteiger partial charge in [0, 0.05) is 17.0 Å². The summed E-state index contributed by atoms with van der Waals surface area (Å²) in [5, 5.41) is 6.56. The first-order chi connectivity index (χ1) is 8.70. The predicted octanol–water partition coefficient (Wildman–Crippen LogP) is 3.65. The summed E-state index contributed by atoms with van der Waals surface area (Å²) in [6.45, 7) is 5.71. The van der Waals surface area contributed by atoms with Crippen LogP contribution in [0.4, 0.5) is 11.6 Å². The van der Waals surface area contributed by atoms with Crippen molar-refractivity contribution in [3.8, 4) is 0 Å². The van der Waals surface area contributed by atoms with Crippen molar-refractivity contribution >= 4 is 38.9 Å². The molecular formula is C12H15BrN4S. The fourth-order valence-electron chi connectivity index (χ4n) is 1.59. The molecule has 0 unspecified atom stereocenters. The smallest absolute Gasteiger partial charge is 0.134 e. The predicted molar refractivity (Wildman–Crippen MR) is 80.3 cm³/mol. The molecule has 0 saturated heterocycles. The Labute approximate surface area is 119 Å². The van der Waals surface area contributed by atoms with Gasteiger partial charge in [-0.15, -0.1) is 11.3 Å². The Bertz CT molecular complexity index is 527. The van der Waals surface area contributed by atoms with Crippen LogP contribution >= 0.6 is 27.3 Å². The zero-order chi connectivity index (χ0) is 13.0. The van der Waals surface area contributed by atoms with Gasteiger partial charge in [-0.05, 0) is 41.9 Å². The van der Waals surface area contributed by atoms with E-state index in [4.69, 9.17) is 0 Å². The van der Waals surface area contributed by atoms with Crippen LogP contribution in [0.3, 0.4) is 0 Å². The maximum absolute atomic E-state index is 4.27. The normalized spacial score (nSPS) is 10.4. The minimum Gasteiger partial charge on any atom is -0.370 e. The van der Waals surface area contributed by atoms with E-state index in [1.54, 1.807) is 17.7 Å². The van der Waals surface area contributed by atoms with Gasteiger partial charge in [0.15, 0.2) is 0 Å². The SMILES string of the molecule is CCNc1ncnc(NCc2ccc(Br)s2)c1C. The van der Waals surface area contributed by atoms with Gasteiger partial charge < -0.3 is 10.6 Å². The van der Waals surface area contributed by atoms with Crippen LogP contribution in [0.1, 0.15) is 17.4 Å². The van der Waals surface area contributed by atoms with E-state index in [2.05, 4.69) is 55.6 Å². The van der Waals surface area contributed by atoms with Crippen molar-refractivity contribution in [1.82, 2.24) is 9.97 Å². The van der Waals surface area contributed by atoms with Crippen molar-refractivity contribution in [2.24, 2.45) is 0 Å². The quantitative estimate of drug-likeness (QED) is 0.880. The highest BCUT2D eigenvalue weighted by Gasteiger charge is 2.06. The lowest BCUT2D eigenvalue weighted by Crippen LogP contribution is -2.07. The monoisotopic (exact) mass is 326 g/mol. The standard InChI is InChI=1S/C12H15BrN4S/c1-3-14-11-8(2)12(17-7-16-11)15-6-9-4-5-10(13)18-9/h4-5,7H,3,6H2,1-2H3,(H2,14,15,16,17). The van der Waals surface area contributed by atoms with Crippen LogP contribution in [-0.2, 0) is 6.54 Å². The highest BCUT2D eigenvalue weighted by atomic mass is 79.9. The zero-order valence-electron chi connectivity index (χ0n) is 10.3. The number of nitrogens with one attached hydrogen (secondary N) is 2. The molecule has 18 heavy (non-hydrogen) atoms. The van der Waals surface area contributed by atoms with Crippen molar-refractivity contribution in [3.63, 3.8) is 0 Å². The highest BCUT2D eigenvalue weighted by molar-refractivity contribution is 9.11. The molecule has 6 heteroatoms. The number of rotatable bonds is 5. The number of hydrogen-bond acceptors (Lipinski definition) is 5. The Morgan fingerprint density at radius 2 is 1.94 bits per heavy atom. The van der Waals surface area contributed by atoms with Gasteiger partial charge in [-0.25, -0.2) is 9.97 Å². The second-order valence-corrected chi connectivity index (χ2v) is 6.33. The molecular weight excluding hydrogens is 312 g/mol. The molecule has 0 aliphatic carbocycles. The lowest BCUT2D eigenvalue weighted by molar-refractivity contribution is 1.05. The molecule has 2 aromatic heterocycles. The molecule has 0 amide bonds. The molecule has 0 fully saturated rings. The van der Waals surface area contributed by atoms with Crippen LogP contribution in [0.15, 0.2) is 22.2 Å². The summed E-state index contributed by atoms with van der Waals surface area (Å²) in [7, 11) is 0. The van der Waals surface area contributed by atoms with Crippen LogP contribution in [0.5, 0.6) is 0 Å². The molecule has 0 aliphatic rings. The summed E-state index contributed by atoms with van der Waals surface area (Å²) >= 11 is 5.18. The molecule has 0 radical (unpaired) electrons. The van der Waals surface area contributed by atoms with E-state index in [1.807, 2.05) is 6.92 Å². The van der Waals surface area contributed by atoms with Crippen LogP contribution in [0, 0.1) is 6.92 Å². The van der Waals surface area contributed by atoms with E-state index in [1.165, 1.54) is 4.88 Å². The Balaban J connectivity index is 2.07. The summed E-state index contributed by atoms with van der Waals surface area (Å²) in [5.74, 6) is 1.77. The second-order valence-electron chi connectivity index (χ2n) is 3.79. The van der Waals surface area contributed by atoms with E-state index >= 15 is 0 Å². The summed E-state index contributed by atoms with van der Waals surface area (Å²) in [6.07, 6.45) is 1.58. The van der Waals surface area contributed by atoms with Gasteiger partial charge in [-0.3, -0.25) is 0 Å². The second kappa shape index (κ2) is 6.15. The average molecular weight is 327 g/mol. The molecule has 4 nitrogen and oxygen atoms in total. The first-order valence-corrected chi connectivity index (χ1v) is 7.35. The van der Waals surface area contributed by atoms with Crippen molar-refractivity contribution in [2.75, 3.05) is 17.2 Å². The van der Waals surface area contributed by atoms with Gasteiger partial charge in [0.2, 0.25) is 0 Å². The minimum absolute atomic E-state index is 0.777. The molecule has 0 atom stereocenters. The number of nitrogens with zero attached hydrogens (tertiary/aromatic N) is 2. The Kier molecular flexibility index (Phi) is 4.54. The molecule has 0 spiro atoms. The third-order valence-electron chi connectivity index (χ3n) is 2.49. The maximum Gasteiger partial charge on any atom is 0.134 e. The number of aromatic nitrogens is 2. The molecule has 0 aliphatic heterocycles. The molecule has 0 saturated carbocycles. The van der Waals surface area contributed by atoms with Crippen LogP contribution in [0.25, 0.3) is 0 Å². The lowest BCUT2D eigenvalue weighted by Gasteiger charge is -2.11. The number of thiophene rings is 1. The largest absolute Gasteiger partial charge is 0.370 e. The fourth-order valence-corrected chi connectivity index (χ4v) is 3.01. The highest BCUT2D eigenvalue weighted by Crippen LogP contribution is 2.24. The van der Waals surface area contributed by atoms with Gasteiger partial charge in [-0.2, -0.15) is 0 Å². The maximum atomic E-state index is 4.27. The summed E-state index contributed by atoms with van der Waals surface area (Å²) < 4.78 is 1.15. The molecule has 0 aromatic carbocycles. The minimum atomic E-state index is 0.777. The summed E-state index contributed by atoms with van der Waals surface area (Å²) in [6, 6.07) is 4.15. The molecule has 2 aromatic rings. The van der Waals surface area contributed by atoms with Crippen LogP contribution < -0.4 is 10.6 Å². The molecule has 2 heterocycles. The number of halogens is 1. The van der Waals surface area contributed by atoms with E-state index in [9.17, 15) is 0 Å². The van der Waals surface area contributed by atoms with Crippen molar-refractivity contribution in [1.29, 1.82) is 0 Å². The first-order valence-electron chi connectivity index (χ1n) is 5.74.